The monoisotopic (exact) mass is 252 g/mol. The van der Waals surface area contributed by atoms with E-state index in [4.69, 9.17) is 4.42 Å². The molecule has 0 bridgehead atoms. The highest BCUT2D eigenvalue weighted by atomic mass is 16.4. The van der Waals surface area contributed by atoms with Crippen molar-refractivity contribution in [2.45, 2.75) is 59.2 Å². The third-order valence-electron chi connectivity index (χ3n) is 3.50. The Labute approximate surface area is 109 Å². The Morgan fingerprint density at radius 1 is 1.39 bits per heavy atom. The molecule has 2 heterocycles. The molecule has 2 rings (SSSR count). The molecule has 1 aromatic heterocycles. The molecule has 1 N–H and O–H groups in total. The lowest BCUT2D eigenvalue weighted by Gasteiger charge is -2.34. The third kappa shape index (κ3) is 3.22. The zero-order valence-electron chi connectivity index (χ0n) is 11.8. The Bertz CT molecular complexity index is 377. The smallest absolute Gasteiger partial charge is 0.318 e. The Hall–Kier alpha value is -1.10. The van der Waals surface area contributed by atoms with Crippen molar-refractivity contribution < 1.29 is 4.42 Å². The standard InChI is InChI=1S/C13H24N4O/c1-9(2)14-8-12-15-16-13(18-12)17-6-5-10(3)7-11(17)4/h9-11,14H,5-8H2,1-4H3. The summed E-state index contributed by atoms with van der Waals surface area (Å²) in [6.07, 6.45) is 2.40. The number of aromatic nitrogens is 2. The first-order valence-electron chi connectivity index (χ1n) is 6.88. The van der Waals surface area contributed by atoms with Gasteiger partial charge in [-0.1, -0.05) is 25.9 Å². The zero-order chi connectivity index (χ0) is 13.1. The molecule has 1 saturated heterocycles. The van der Waals surface area contributed by atoms with E-state index < -0.39 is 0 Å². The van der Waals surface area contributed by atoms with Crippen LogP contribution in [0.4, 0.5) is 6.01 Å². The Kier molecular flexibility index (Phi) is 4.22. The fourth-order valence-corrected chi connectivity index (χ4v) is 2.42. The molecule has 0 spiro atoms. The number of piperidine rings is 1. The lowest BCUT2D eigenvalue weighted by Crippen LogP contribution is -2.40. The van der Waals surface area contributed by atoms with Crippen LogP contribution in [0.2, 0.25) is 0 Å². The molecular weight excluding hydrogens is 228 g/mol. The normalized spacial score (nSPS) is 24.8. The van der Waals surface area contributed by atoms with E-state index in [0.717, 1.165) is 12.5 Å². The van der Waals surface area contributed by atoms with E-state index in [-0.39, 0.29) is 0 Å². The molecule has 0 aliphatic carbocycles. The topological polar surface area (TPSA) is 54.2 Å². The molecule has 0 aromatic carbocycles. The molecule has 0 amide bonds. The van der Waals surface area contributed by atoms with Crippen LogP contribution in [0.3, 0.4) is 0 Å². The van der Waals surface area contributed by atoms with Gasteiger partial charge in [0.05, 0.1) is 6.54 Å². The van der Waals surface area contributed by atoms with Crippen LogP contribution in [0.1, 0.15) is 46.4 Å². The van der Waals surface area contributed by atoms with Crippen molar-refractivity contribution in [1.82, 2.24) is 15.5 Å². The minimum atomic E-state index is 0.426. The van der Waals surface area contributed by atoms with Crippen molar-refractivity contribution in [1.29, 1.82) is 0 Å². The maximum atomic E-state index is 5.72. The molecule has 102 valence electrons. The molecule has 1 fully saturated rings. The molecule has 0 saturated carbocycles. The largest absolute Gasteiger partial charge is 0.407 e. The molecule has 1 aromatic rings. The maximum absolute atomic E-state index is 5.72. The van der Waals surface area contributed by atoms with E-state index in [0.29, 0.717) is 30.5 Å². The Morgan fingerprint density at radius 2 is 2.17 bits per heavy atom. The number of rotatable bonds is 4. The van der Waals surface area contributed by atoms with Gasteiger partial charge in [-0.3, -0.25) is 0 Å². The first-order valence-corrected chi connectivity index (χ1v) is 6.88. The van der Waals surface area contributed by atoms with Crippen molar-refractivity contribution in [3.05, 3.63) is 5.89 Å². The number of nitrogens with zero attached hydrogens (tertiary/aromatic N) is 3. The SMILES string of the molecule is CC1CCN(c2nnc(CNC(C)C)o2)C(C)C1. The van der Waals surface area contributed by atoms with Crippen LogP contribution in [-0.4, -0.2) is 28.8 Å². The van der Waals surface area contributed by atoms with Crippen LogP contribution >= 0.6 is 0 Å². The fraction of sp³-hybridized carbons (Fsp3) is 0.846. The summed E-state index contributed by atoms with van der Waals surface area (Å²) in [5.74, 6) is 1.46. The van der Waals surface area contributed by atoms with Gasteiger partial charge in [-0.2, -0.15) is 0 Å². The first-order chi connectivity index (χ1) is 8.56. The highest BCUT2D eigenvalue weighted by Gasteiger charge is 2.26. The minimum Gasteiger partial charge on any atom is -0.407 e. The highest BCUT2D eigenvalue weighted by molar-refractivity contribution is 5.27. The van der Waals surface area contributed by atoms with Crippen LogP contribution < -0.4 is 10.2 Å². The lowest BCUT2D eigenvalue weighted by molar-refractivity contribution is 0.351. The number of hydrogen-bond donors (Lipinski definition) is 1. The van der Waals surface area contributed by atoms with Crippen molar-refractivity contribution in [2.24, 2.45) is 5.92 Å². The summed E-state index contributed by atoms with van der Waals surface area (Å²) in [5.41, 5.74) is 0. The molecule has 2 unspecified atom stereocenters. The zero-order valence-corrected chi connectivity index (χ0v) is 11.8. The van der Waals surface area contributed by atoms with Gasteiger partial charge in [0.15, 0.2) is 0 Å². The molecule has 1 aliphatic rings. The molecule has 1 aliphatic heterocycles. The number of nitrogens with one attached hydrogen (secondary N) is 1. The number of anilines is 1. The summed E-state index contributed by atoms with van der Waals surface area (Å²) in [7, 11) is 0. The van der Waals surface area contributed by atoms with Crippen molar-refractivity contribution in [2.75, 3.05) is 11.4 Å². The second-order valence-corrected chi connectivity index (χ2v) is 5.69. The molecule has 2 atom stereocenters. The fourth-order valence-electron chi connectivity index (χ4n) is 2.42. The predicted octanol–water partition coefficient (Wildman–Crippen LogP) is 2.19. The average Bonchev–Trinajstić information content (AvgIpc) is 2.75. The third-order valence-corrected chi connectivity index (χ3v) is 3.50. The van der Waals surface area contributed by atoms with Gasteiger partial charge in [-0.25, -0.2) is 0 Å². The number of hydrogen-bond acceptors (Lipinski definition) is 5. The molecule has 5 heteroatoms. The van der Waals surface area contributed by atoms with Crippen LogP contribution in [0.15, 0.2) is 4.42 Å². The predicted molar refractivity (Wildman–Crippen MR) is 71.5 cm³/mol. The second-order valence-electron chi connectivity index (χ2n) is 5.69. The van der Waals surface area contributed by atoms with E-state index in [9.17, 15) is 0 Å². The van der Waals surface area contributed by atoms with E-state index in [1.165, 1.54) is 12.8 Å². The van der Waals surface area contributed by atoms with Crippen LogP contribution in [0, 0.1) is 5.92 Å². The van der Waals surface area contributed by atoms with Crippen LogP contribution in [0.25, 0.3) is 0 Å². The Morgan fingerprint density at radius 3 is 2.83 bits per heavy atom. The minimum absolute atomic E-state index is 0.426. The van der Waals surface area contributed by atoms with Crippen molar-refractivity contribution in [3.8, 4) is 0 Å². The Balaban J connectivity index is 1.96. The summed E-state index contributed by atoms with van der Waals surface area (Å²) >= 11 is 0. The van der Waals surface area contributed by atoms with E-state index in [1.807, 2.05) is 0 Å². The van der Waals surface area contributed by atoms with Gasteiger partial charge in [-0.05, 0) is 25.7 Å². The molecular formula is C13H24N4O. The van der Waals surface area contributed by atoms with Crippen molar-refractivity contribution >= 4 is 6.01 Å². The first kappa shape index (κ1) is 13.3. The van der Waals surface area contributed by atoms with E-state index in [2.05, 4.69) is 48.1 Å². The van der Waals surface area contributed by atoms with Gasteiger partial charge in [0.1, 0.15) is 0 Å². The molecule has 5 nitrogen and oxygen atoms in total. The van der Waals surface area contributed by atoms with E-state index in [1.54, 1.807) is 0 Å². The summed E-state index contributed by atoms with van der Waals surface area (Å²) in [6.45, 7) is 10.4. The van der Waals surface area contributed by atoms with Gasteiger partial charge in [0, 0.05) is 18.6 Å². The average molecular weight is 252 g/mol. The van der Waals surface area contributed by atoms with E-state index >= 15 is 0 Å². The van der Waals surface area contributed by atoms with Gasteiger partial charge in [-0.15, -0.1) is 5.10 Å². The summed E-state index contributed by atoms with van der Waals surface area (Å²) in [5, 5.41) is 11.5. The second kappa shape index (κ2) is 5.69. The van der Waals surface area contributed by atoms with Crippen LogP contribution in [0.5, 0.6) is 0 Å². The maximum Gasteiger partial charge on any atom is 0.318 e. The molecule has 0 radical (unpaired) electrons. The summed E-state index contributed by atoms with van der Waals surface area (Å²) in [4.78, 5) is 2.23. The quantitative estimate of drug-likeness (QED) is 0.890. The highest BCUT2D eigenvalue weighted by Crippen LogP contribution is 2.26. The van der Waals surface area contributed by atoms with Gasteiger partial charge in [0.25, 0.3) is 0 Å². The summed E-state index contributed by atoms with van der Waals surface area (Å²) in [6, 6.07) is 1.59. The van der Waals surface area contributed by atoms with Gasteiger partial charge in [0.2, 0.25) is 5.89 Å². The van der Waals surface area contributed by atoms with Gasteiger partial charge >= 0.3 is 6.01 Å². The molecule has 18 heavy (non-hydrogen) atoms. The van der Waals surface area contributed by atoms with Gasteiger partial charge < -0.3 is 14.6 Å². The van der Waals surface area contributed by atoms with Crippen LogP contribution in [-0.2, 0) is 6.54 Å². The lowest BCUT2D eigenvalue weighted by atomic mass is 9.94. The summed E-state index contributed by atoms with van der Waals surface area (Å²) < 4.78 is 5.72. The van der Waals surface area contributed by atoms with Crippen molar-refractivity contribution in [3.63, 3.8) is 0 Å².